The normalized spacial score (nSPS) is 10.4. The Labute approximate surface area is 101 Å². The molecular formula is C14H13ClO. The van der Waals surface area contributed by atoms with Gasteiger partial charge in [0.15, 0.2) is 0 Å². The van der Waals surface area contributed by atoms with E-state index in [0.717, 1.165) is 5.56 Å². The van der Waals surface area contributed by atoms with Crippen LogP contribution in [0.15, 0.2) is 48.5 Å². The second-order valence-electron chi connectivity index (χ2n) is 3.78. The maximum Gasteiger partial charge on any atom is 0.0939 e. The first-order chi connectivity index (χ1) is 7.81. The molecule has 2 heteroatoms. The average molecular weight is 233 g/mol. The van der Waals surface area contributed by atoms with Crippen molar-refractivity contribution in [2.45, 2.75) is 13.5 Å². The van der Waals surface area contributed by atoms with E-state index in [1.54, 1.807) is 0 Å². The van der Waals surface area contributed by atoms with Gasteiger partial charge in [0.2, 0.25) is 0 Å². The van der Waals surface area contributed by atoms with Crippen molar-refractivity contribution in [2.24, 2.45) is 0 Å². The molecule has 0 spiro atoms. The smallest absolute Gasteiger partial charge is 0.0939 e. The van der Waals surface area contributed by atoms with Gasteiger partial charge in [0.05, 0.1) is 18.5 Å². The Morgan fingerprint density at radius 3 is 2.38 bits per heavy atom. The van der Waals surface area contributed by atoms with Crippen molar-refractivity contribution < 1.29 is 4.29 Å². The summed E-state index contributed by atoms with van der Waals surface area (Å²) in [4.78, 5) is 0. The predicted octanol–water partition coefficient (Wildman–Crippen LogP) is 4.33. The first kappa shape index (κ1) is 11.2. The maximum absolute atomic E-state index is 5.32. The van der Waals surface area contributed by atoms with Gasteiger partial charge in [-0.2, -0.15) is 0 Å². The molecule has 0 saturated heterocycles. The number of halogens is 1. The van der Waals surface area contributed by atoms with E-state index in [0.29, 0.717) is 6.61 Å². The average Bonchev–Trinajstić information content (AvgIpc) is 2.32. The van der Waals surface area contributed by atoms with Gasteiger partial charge in [-0.05, 0) is 23.6 Å². The fourth-order valence-electron chi connectivity index (χ4n) is 1.72. The minimum atomic E-state index is 0.422. The molecule has 0 fully saturated rings. The van der Waals surface area contributed by atoms with Gasteiger partial charge in [-0.25, -0.2) is 0 Å². The minimum absolute atomic E-state index is 0.422. The molecule has 0 unspecified atom stereocenters. The van der Waals surface area contributed by atoms with Crippen molar-refractivity contribution in [3.63, 3.8) is 0 Å². The zero-order valence-electron chi connectivity index (χ0n) is 9.11. The highest BCUT2D eigenvalue weighted by Gasteiger charge is 2.03. The topological polar surface area (TPSA) is 9.23 Å². The highest BCUT2D eigenvalue weighted by molar-refractivity contribution is 6.07. The van der Waals surface area contributed by atoms with Gasteiger partial charge in [-0.1, -0.05) is 54.1 Å². The van der Waals surface area contributed by atoms with E-state index in [-0.39, 0.29) is 0 Å². The summed E-state index contributed by atoms with van der Waals surface area (Å²) in [6, 6.07) is 16.6. The van der Waals surface area contributed by atoms with Crippen molar-refractivity contribution in [3.8, 4) is 11.1 Å². The van der Waals surface area contributed by atoms with Crippen LogP contribution in [0.5, 0.6) is 0 Å². The van der Waals surface area contributed by atoms with Crippen LogP contribution in [0.3, 0.4) is 0 Å². The monoisotopic (exact) mass is 232 g/mol. The summed E-state index contributed by atoms with van der Waals surface area (Å²) in [5.41, 5.74) is 4.72. The number of hydrogen-bond acceptors (Lipinski definition) is 1. The number of aryl methyl sites for hydroxylation is 1. The second kappa shape index (κ2) is 5.15. The molecule has 16 heavy (non-hydrogen) atoms. The van der Waals surface area contributed by atoms with Crippen LogP contribution in [0.2, 0.25) is 0 Å². The van der Waals surface area contributed by atoms with Crippen molar-refractivity contribution in [2.75, 3.05) is 0 Å². The molecule has 0 aliphatic rings. The van der Waals surface area contributed by atoms with E-state index in [2.05, 4.69) is 41.5 Å². The van der Waals surface area contributed by atoms with Crippen LogP contribution in [0.4, 0.5) is 0 Å². The summed E-state index contributed by atoms with van der Waals surface area (Å²) in [6.07, 6.45) is 0. The number of benzene rings is 2. The third-order valence-electron chi connectivity index (χ3n) is 2.59. The van der Waals surface area contributed by atoms with Gasteiger partial charge in [-0.15, -0.1) is 0 Å². The first-order valence-electron chi connectivity index (χ1n) is 5.20. The second-order valence-corrected chi connectivity index (χ2v) is 3.99. The molecule has 0 aromatic heterocycles. The van der Waals surface area contributed by atoms with Crippen LogP contribution in [0, 0.1) is 6.92 Å². The summed E-state index contributed by atoms with van der Waals surface area (Å²) in [6.45, 7) is 2.50. The fraction of sp³-hybridized carbons (Fsp3) is 0.143. The minimum Gasteiger partial charge on any atom is -0.274 e. The number of hydrogen-bond donors (Lipinski definition) is 0. The Hall–Kier alpha value is -1.31. The number of rotatable bonds is 3. The molecule has 0 atom stereocenters. The van der Waals surface area contributed by atoms with Crippen molar-refractivity contribution in [3.05, 3.63) is 59.7 Å². The summed E-state index contributed by atoms with van der Waals surface area (Å²) in [5.74, 6) is 0. The molecule has 2 aromatic carbocycles. The molecule has 0 heterocycles. The molecule has 0 amide bonds. The fourth-order valence-corrected chi connectivity index (χ4v) is 1.84. The maximum atomic E-state index is 5.32. The van der Waals surface area contributed by atoms with E-state index >= 15 is 0 Å². The van der Waals surface area contributed by atoms with Gasteiger partial charge in [0.1, 0.15) is 0 Å². The van der Waals surface area contributed by atoms with Crippen LogP contribution in [-0.4, -0.2) is 0 Å². The molecule has 0 bridgehead atoms. The van der Waals surface area contributed by atoms with E-state index in [4.69, 9.17) is 11.9 Å². The third-order valence-corrected chi connectivity index (χ3v) is 2.70. The highest BCUT2D eigenvalue weighted by atomic mass is 35.5. The van der Waals surface area contributed by atoms with Gasteiger partial charge in [-0.3, -0.25) is 4.29 Å². The lowest BCUT2D eigenvalue weighted by atomic mass is 9.99. The standard InChI is InChI=1S/C14H13ClO/c1-11-6-8-12(9-7-11)14-5-3-2-4-13(14)10-16-15/h2-9H,10H2,1H3. The van der Waals surface area contributed by atoms with Gasteiger partial charge >= 0.3 is 0 Å². The Bertz CT molecular complexity index is 462. The molecule has 1 nitrogen and oxygen atoms in total. The van der Waals surface area contributed by atoms with Gasteiger partial charge in [0, 0.05) is 0 Å². The Morgan fingerprint density at radius 1 is 1.00 bits per heavy atom. The Balaban J connectivity index is 2.42. The van der Waals surface area contributed by atoms with Crippen molar-refractivity contribution in [1.29, 1.82) is 0 Å². The highest BCUT2D eigenvalue weighted by Crippen LogP contribution is 2.24. The largest absolute Gasteiger partial charge is 0.274 e. The molecule has 82 valence electrons. The van der Waals surface area contributed by atoms with Crippen molar-refractivity contribution in [1.82, 2.24) is 0 Å². The molecule has 0 N–H and O–H groups in total. The quantitative estimate of drug-likeness (QED) is 0.765. The van der Waals surface area contributed by atoms with E-state index in [1.165, 1.54) is 16.7 Å². The molecular weight excluding hydrogens is 220 g/mol. The third kappa shape index (κ3) is 2.43. The summed E-state index contributed by atoms with van der Waals surface area (Å²) >= 11 is 5.32. The van der Waals surface area contributed by atoms with E-state index in [9.17, 15) is 0 Å². The van der Waals surface area contributed by atoms with Crippen LogP contribution in [-0.2, 0) is 10.9 Å². The van der Waals surface area contributed by atoms with Crippen LogP contribution in [0.25, 0.3) is 11.1 Å². The lowest BCUT2D eigenvalue weighted by Crippen LogP contribution is -1.89. The van der Waals surface area contributed by atoms with Crippen LogP contribution < -0.4 is 0 Å². The van der Waals surface area contributed by atoms with Crippen LogP contribution in [0.1, 0.15) is 11.1 Å². The molecule has 0 aliphatic carbocycles. The molecule has 0 aliphatic heterocycles. The predicted molar refractivity (Wildman–Crippen MR) is 67.3 cm³/mol. The summed E-state index contributed by atoms with van der Waals surface area (Å²) in [5, 5.41) is 0. The Morgan fingerprint density at radius 2 is 1.69 bits per heavy atom. The van der Waals surface area contributed by atoms with E-state index < -0.39 is 0 Å². The molecule has 2 aromatic rings. The van der Waals surface area contributed by atoms with Crippen LogP contribution >= 0.6 is 11.9 Å². The zero-order valence-corrected chi connectivity index (χ0v) is 9.87. The molecule has 0 radical (unpaired) electrons. The lowest BCUT2D eigenvalue weighted by Gasteiger charge is -2.08. The summed E-state index contributed by atoms with van der Waals surface area (Å²) in [7, 11) is 0. The molecule has 2 rings (SSSR count). The Kier molecular flexibility index (Phi) is 3.60. The van der Waals surface area contributed by atoms with E-state index in [1.807, 2.05) is 18.2 Å². The van der Waals surface area contributed by atoms with Gasteiger partial charge < -0.3 is 0 Å². The van der Waals surface area contributed by atoms with Gasteiger partial charge in [0.25, 0.3) is 0 Å². The zero-order chi connectivity index (χ0) is 11.4. The lowest BCUT2D eigenvalue weighted by molar-refractivity contribution is 0.341. The SMILES string of the molecule is Cc1ccc(-c2ccccc2COCl)cc1. The summed E-state index contributed by atoms with van der Waals surface area (Å²) < 4.78 is 4.69. The molecule has 0 saturated carbocycles. The first-order valence-corrected chi connectivity index (χ1v) is 5.50. The van der Waals surface area contributed by atoms with Crippen molar-refractivity contribution >= 4 is 11.9 Å².